The summed E-state index contributed by atoms with van der Waals surface area (Å²) < 4.78 is 39.5. The molecule has 418 valence electrons. The Morgan fingerprint density at radius 2 is 0.750 bits per heavy atom. The molecule has 3 atom stereocenters. The van der Waals surface area contributed by atoms with Gasteiger partial charge in [0.25, 0.3) is 0 Å². The molecule has 11 nitrogen and oxygen atoms in total. The van der Waals surface area contributed by atoms with E-state index >= 15 is 0 Å². The number of carbonyl (C=O) groups excluding carboxylic acids is 3. The molecule has 0 rings (SSSR count). The number of allylic oxidation sites excluding steroid dienone is 10. The Morgan fingerprint density at radius 1 is 0.403 bits per heavy atom. The summed E-state index contributed by atoms with van der Waals surface area (Å²) in [6.07, 6.45) is 58.9. The monoisotopic (exact) mass is 1030 g/mol. The Labute approximate surface area is 440 Å². The van der Waals surface area contributed by atoms with Gasteiger partial charge in [-0.15, -0.1) is 0 Å². The molecule has 3 unspecified atom stereocenters. The van der Waals surface area contributed by atoms with Gasteiger partial charge in [0.05, 0.1) is 19.8 Å². The van der Waals surface area contributed by atoms with Crippen LogP contribution in [0.15, 0.2) is 60.8 Å². The Hall–Kier alpha value is -2.82. The largest absolute Gasteiger partial charge is 0.472 e. The number of aliphatic hydroxyl groups excluding tert-OH is 1. The van der Waals surface area contributed by atoms with Gasteiger partial charge in [-0.05, 0) is 77.0 Å². The lowest BCUT2D eigenvalue weighted by Crippen LogP contribution is -2.30. The molecule has 0 saturated heterocycles. The van der Waals surface area contributed by atoms with Crippen LogP contribution in [0, 0.1) is 0 Å². The van der Waals surface area contributed by atoms with Crippen LogP contribution in [-0.4, -0.2) is 66.5 Å². The molecule has 12 heteroatoms. The summed E-state index contributed by atoms with van der Waals surface area (Å²) in [5, 5.41) is 9.80. The van der Waals surface area contributed by atoms with Crippen molar-refractivity contribution >= 4 is 25.7 Å². The molecule has 72 heavy (non-hydrogen) atoms. The predicted molar refractivity (Wildman–Crippen MR) is 298 cm³/mol. The Morgan fingerprint density at radius 3 is 1.17 bits per heavy atom. The van der Waals surface area contributed by atoms with E-state index in [9.17, 15) is 28.9 Å². The van der Waals surface area contributed by atoms with Crippen LogP contribution in [0.1, 0.15) is 265 Å². The van der Waals surface area contributed by atoms with Gasteiger partial charge in [0.15, 0.2) is 6.10 Å². The first-order valence-corrected chi connectivity index (χ1v) is 30.7. The van der Waals surface area contributed by atoms with E-state index < -0.39 is 57.8 Å². The van der Waals surface area contributed by atoms with E-state index in [0.29, 0.717) is 19.3 Å². The zero-order valence-corrected chi connectivity index (χ0v) is 47.0. The summed E-state index contributed by atoms with van der Waals surface area (Å²) in [7, 11) is -4.75. The number of carbonyl (C=O) groups is 3. The first-order chi connectivity index (χ1) is 35.2. The number of unbranched alkanes of at least 4 members (excludes halogenated alkanes) is 27. The number of hydrogen-bond acceptors (Lipinski definition) is 10. The van der Waals surface area contributed by atoms with Crippen molar-refractivity contribution in [2.24, 2.45) is 0 Å². The standard InChI is InChI=1S/C60H107O11P/c1-4-7-10-13-16-19-22-25-27-28-30-33-36-39-42-45-48-51-60(64)71-57(53-67-58(62)49-46-43-40-37-34-32-29-26-23-20-17-14-11-8-5-2)55-69-72(65,66)68-54-56(52-61)70-59(63)50-47-44-41-38-35-31-24-21-18-15-12-9-6-3/h8,11-12,15,17,20-21,24,26,29,56-57,61H,4-7,9-10,13-14,16,18-19,22-23,25,27-28,30-55H2,1-3H3,(H,65,66)/b11-8-,15-12-,20-17-,24-21-,29-26-. The molecular weight excluding hydrogens is 928 g/mol. The molecule has 0 spiro atoms. The van der Waals surface area contributed by atoms with E-state index in [0.717, 1.165) is 116 Å². The van der Waals surface area contributed by atoms with Crippen LogP contribution < -0.4 is 0 Å². The lowest BCUT2D eigenvalue weighted by molar-refractivity contribution is -0.161. The van der Waals surface area contributed by atoms with Crippen LogP contribution >= 0.6 is 7.82 Å². The van der Waals surface area contributed by atoms with E-state index in [1.807, 2.05) is 0 Å². The predicted octanol–water partition coefficient (Wildman–Crippen LogP) is 17.1. The molecule has 0 bridgehead atoms. The van der Waals surface area contributed by atoms with Crippen LogP contribution in [0.4, 0.5) is 0 Å². The molecule has 0 heterocycles. The molecule has 0 fully saturated rings. The van der Waals surface area contributed by atoms with E-state index in [1.54, 1.807) is 0 Å². The SMILES string of the molecule is CC/C=C\C/C=C\C/C=C\CCCCCCCC(=O)OCC(COP(=O)(O)OCC(CO)OC(=O)CCCCCCC/C=C\C/C=C\CCC)OC(=O)CCCCCCCCCCCCCCCCCCC. The molecule has 0 aromatic carbocycles. The van der Waals surface area contributed by atoms with E-state index in [2.05, 4.69) is 81.5 Å². The normalized spacial score (nSPS) is 13.8. The number of phosphoric acid groups is 1. The van der Waals surface area contributed by atoms with Gasteiger partial charge in [-0.2, -0.15) is 0 Å². The van der Waals surface area contributed by atoms with Gasteiger partial charge in [0.2, 0.25) is 0 Å². The second-order valence-corrected chi connectivity index (χ2v) is 20.9. The van der Waals surface area contributed by atoms with Crippen molar-refractivity contribution in [2.45, 2.75) is 277 Å². The van der Waals surface area contributed by atoms with Crippen molar-refractivity contribution in [3.8, 4) is 0 Å². The average molecular weight is 1040 g/mol. The van der Waals surface area contributed by atoms with Gasteiger partial charge in [0, 0.05) is 19.3 Å². The number of ether oxygens (including phenoxy) is 3. The number of aliphatic hydroxyl groups is 1. The van der Waals surface area contributed by atoms with Gasteiger partial charge in [-0.25, -0.2) is 4.57 Å². The number of phosphoric ester groups is 1. The van der Waals surface area contributed by atoms with Gasteiger partial charge in [0.1, 0.15) is 12.7 Å². The highest BCUT2D eigenvalue weighted by Crippen LogP contribution is 2.43. The number of hydrogen-bond donors (Lipinski definition) is 2. The maximum atomic E-state index is 12.9. The molecule has 0 aromatic heterocycles. The first kappa shape index (κ1) is 69.2. The summed E-state index contributed by atoms with van der Waals surface area (Å²) in [4.78, 5) is 48.5. The maximum absolute atomic E-state index is 12.9. The highest BCUT2D eigenvalue weighted by molar-refractivity contribution is 7.47. The molecule has 0 amide bonds. The highest BCUT2D eigenvalue weighted by Gasteiger charge is 2.28. The minimum atomic E-state index is -4.75. The van der Waals surface area contributed by atoms with Gasteiger partial charge in [-0.1, -0.05) is 229 Å². The summed E-state index contributed by atoms with van der Waals surface area (Å²) in [5.74, 6) is -1.49. The van der Waals surface area contributed by atoms with E-state index in [4.69, 9.17) is 23.3 Å². The van der Waals surface area contributed by atoms with Crippen molar-refractivity contribution < 1.29 is 52.2 Å². The minimum Gasteiger partial charge on any atom is -0.462 e. The molecule has 0 radical (unpaired) electrons. The quantitative estimate of drug-likeness (QED) is 0.0197. The Kier molecular flexibility index (Phi) is 52.3. The van der Waals surface area contributed by atoms with Gasteiger partial charge < -0.3 is 24.2 Å². The molecule has 0 saturated carbocycles. The van der Waals surface area contributed by atoms with Gasteiger partial charge in [-0.3, -0.25) is 23.4 Å². The molecule has 0 aliphatic heterocycles. The zero-order chi connectivity index (χ0) is 52.7. The lowest BCUT2D eigenvalue weighted by atomic mass is 10.0. The van der Waals surface area contributed by atoms with E-state index in [-0.39, 0.29) is 25.9 Å². The average Bonchev–Trinajstić information content (AvgIpc) is 3.37. The fraction of sp³-hybridized carbons (Fsp3) is 0.783. The summed E-state index contributed by atoms with van der Waals surface area (Å²) >= 11 is 0. The fourth-order valence-electron chi connectivity index (χ4n) is 8.00. The third-order valence-electron chi connectivity index (χ3n) is 12.4. The van der Waals surface area contributed by atoms with Crippen LogP contribution in [-0.2, 0) is 42.2 Å². The summed E-state index contributed by atoms with van der Waals surface area (Å²) in [5.41, 5.74) is 0. The van der Waals surface area contributed by atoms with Crippen molar-refractivity contribution in [1.82, 2.24) is 0 Å². The van der Waals surface area contributed by atoms with Crippen LogP contribution in [0.25, 0.3) is 0 Å². The van der Waals surface area contributed by atoms with Crippen molar-refractivity contribution in [3.63, 3.8) is 0 Å². The lowest BCUT2D eigenvalue weighted by Gasteiger charge is -2.21. The zero-order valence-electron chi connectivity index (χ0n) is 46.1. The van der Waals surface area contributed by atoms with Gasteiger partial charge >= 0.3 is 25.7 Å². The third-order valence-corrected chi connectivity index (χ3v) is 13.4. The molecule has 0 aliphatic carbocycles. The third kappa shape index (κ3) is 52.1. The second kappa shape index (κ2) is 54.4. The molecule has 0 aliphatic rings. The molecule has 2 N–H and O–H groups in total. The Balaban J connectivity index is 4.73. The minimum absolute atomic E-state index is 0.160. The first-order valence-electron chi connectivity index (χ1n) is 29.2. The van der Waals surface area contributed by atoms with Crippen molar-refractivity contribution in [2.75, 3.05) is 26.4 Å². The highest BCUT2D eigenvalue weighted by atomic mass is 31.2. The van der Waals surface area contributed by atoms with Crippen LogP contribution in [0.5, 0.6) is 0 Å². The summed E-state index contributed by atoms with van der Waals surface area (Å²) in [6, 6.07) is 0. The van der Waals surface area contributed by atoms with Crippen LogP contribution in [0.3, 0.4) is 0 Å². The smallest absolute Gasteiger partial charge is 0.462 e. The number of esters is 3. The van der Waals surface area contributed by atoms with Crippen LogP contribution in [0.2, 0.25) is 0 Å². The molecular formula is C60H107O11P. The number of rotatable bonds is 54. The summed E-state index contributed by atoms with van der Waals surface area (Å²) in [6.45, 7) is 4.46. The second-order valence-electron chi connectivity index (χ2n) is 19.4. The van der Waals surface area contributed by atoms with Crippen molar-refractivity contribution in [3.05, 3.63) is 60.8 Å². The molecule has 0 aromatic rings. The van der Waals surface area contributed by atoms with E-state index in [1.165, 1.54) is 89.9 Å². The topological polar surface area (TPSA) is 155 Å². The Bertz CT molecular complexity index is 1440. The van der Waals surface area contributed by atoms with Crippen molar-refractivity contribution in [1.29, 1.82) is 0 Å². The maximum Gasteiger partial charge on any atom is 0.472 e. The fourth-order valence-corrected chi connectivity index (χ4v) is 8.78.